The summed E-state index contributed by atoms with van der Waals surface area (Å²) in [7, 11) is 0. The highest BCUT2D eigenvalue weighted by Crippen LogP contribution is 2.22. The van der Waals surface area contributed by atoms with Crippen molar-refractivity contribution in [3.05, 3.63) is 28.8 Å². The van der Waals surface area contributed by atoms with E-state index >= 15 is 0 Å². The summed E-state index contributed by atoms with van der Waals surface area (Å²) in [4.78, 5) is 10.9. The van der Waals surface area contributed by atoms with Crippen LogP contribution in [0.1, 0.15) is 5.56 Å². The van der Waals surface area contributed by atoms with Gasteiger partial charge >= 0.3 is 6.03 Å². The Hall–Kier alpha value is -0.870. The molecule has 2 N–H and O–H groups in total. The zero-order chi connectivity index (χ0) is 9.84. The van der Waals surface area contributed by atoms with Gasteiger partial charge in [-0.05, 0) is 24.6 Å². The highest BCUT2D eigenvalue weighted by molar-refractivity contribution is 7.78. The fraction of sp³-hybridized carbons (Fsp3) is 0.125. The summed E-state index contributed by atoms with van der Waals surface area (Å²) in [5, 5.41) is 3.21. The lowest BCUT2D eigenvalue weighted by Crippen LogP contribution is -2.20. The summed E-state index contributed by atoms with van der Waals surface area (Å²) in [6.45, 7) is 1.83. The third kappa shape index (κ3) is 2.54. The van der Waals surface area contributed by atoms with Gasteiger partial charge in [0.1, 0.15) is 0 Å². The van der Waals surface area contributed by atoms with Gasteiger partial charge in [-0.25, -0.2) is 4.79 Å². The van der Waals surface area contributed by atoms with Crippen LogP contribution in [0.2, 0.25) is 5.02 Å². The van der Waals surface area contributed by atoms with E-state index in [0.29, 0.717) is 10.7 Å². The van der Waals surface area contributed by atoms with E-state index in [1.807, 2.05) is 6.92 Å². The molecule has 0 spiro atoms. The van der Waals surface area contributed by atoms with Crippen LogP contribution in [-0.2, 0) is 0 Å². The van der Waals surface area contributed by atoms with Crippen LogP contribution < -0.4 is 10.0 Å². The lowest BCUT2D eigenvalue weighted by Gasteiger charge is -2.07. The number of nitrogens with one attached hydrogen (secondary N) is 2. The summed E-state index contributed by atoms with van der Waals surface area (Å²) in [5.41, 5.74) is 1.51. The number of urea groups is 1. The second kappa shape index (κ2) is 4.39. The Balaban J connectivity index is 2.89. The van der Waals surface area contributed by atoms with Gasteiger partial charge in [-0.15, -0.1) is 0 Å². The maximum Gasteiger partial charge on any atom is 0.329 e. The normalized spacial score (nSPS) is 9.46. The monoisotopic (exact) mass is 216 g/mol. The first kappa shape index (κ1) is 10.2. The molecule has 3 nitrogen and oxygen atoms in total. The highest BCUT2D eigenvalue weighted by Gasteiger charge is 2.04. The summed E-state index contributed by atoms with van der Waals surface area (Å²) < 4.78 is 2.16. The van der Waals surface area contributed by atoms with E-state index in [2.05, 4.69) is 22.9 Å². The molecule has 0 radical (unpaired) electrons. The summed E-state index contributed by atoms with van der Waals surface area (Å²) in [5.74, 6) is 0. The maximum atomic E-state index is 10.9. The molecule has 0 bridgehead atoms. The molecule has 0 saturated heterocycles. The third-order valence-corrected chi connectivity index (χ3v) is 2.23. The Morgan fingerprint density at radius 2 is 2.23 bits per heavy atom. The molecule has 13 heavy (non-hydrogen) atoms. The number of rotatable bonds is 1. The van der Waals surface area contributed by atoms with Crippen LogP contribution in [0.3, 0.4) is 0 Å². The van der Waals surface area contributed by atoms with Gasteiger partial charge in [-0.1, -0.05) is 30.5 Å². The van der Waals surface area contributed by atoms with Crippen molar-refractivity contribution >= 4 is 36.1 Å². The number of hydrogen-bond donors (Lipinski definition) is 3. The molecule has 70 valence electrons. The van der Waals surface area contributed by atoms with Crippen LogP contribution in [0.4, 0.5) is 10.5 Å². The Kier molecular flexibility index (Phi) is 3.45. The van der Waals surface area contributed by atoms with Crippen molar-refractivity contribution < 1.29 is 4.79 Å². The van der Waals surface area contributed by atoms with E-state index in [-0.39, 0.29) is 6.03 Å². The third-order valence-electron chi connectivity index (χ3n) is 1.62. The van der Waals surface area contributed by atoms with Gasteiger partial charge in [0.2, 0.25) is 0 Å². The zero-order valence-corrected chi connectivity index (χ0v) is 8.62. The van der Waals surface area contributed by atoms with Gasteiger partial charge in [0.15, 0.2) is 0 Å². The molecule has 0 aliphatic rings. The van der Waals surface area contributed by atoms with Crippen LogP contribution in [0.25, 0.3) is 0 Å². The number of benzene rings is 1. The Morgan fingerprint density at radius 3 is 2.85 bits per heavy atom. The van der Waals surface area contributed by atoms with Crippen molar-refractivity contribution in [2.75, 3.05) is 5.32 Å². The Labute approximate surface area is 87.0 Å². The topological polar surface area (TPSA) is 41.1 Å². The fourth-order valence-corrected chi connectivity index (χ4v) is 1.12. The van der Waals surface area contributed by atoms with Crippen LogP contribution in [0, 0.1) is 6.92 Å². The molecular formula is C8H9ClN2OS. The maximum absolute atomic E-state index is 10.9. The molecular weight excluding hydrogens is 208 g/mol. The van der Waals surface area contributed by atoms with Gasteiger partial charge in [0, 0.05) is 10.7 Å². The van der Waals surface area contributed by atoms with E-state index in [4.69, 9.17) is 11.6 Å². The number of thiol groups is 1. The smallest absolute Gasteiger partial charge is 0.307 e. The van der Waals surface area contributed by atoms with Crippen LogP contribution in [-0.4, -0.2) is 6.03 Å². The average molecular weight is 217 g/mol. The standard InChI is InChI=1S/C8H9ClN2OS/c1-5-6(9)3-2-4-7(5)10-8(12)11-13/h2-4,13H,1H3,(H2,10,11,12). The van der Waals surface area contributed by atoms with Gasteiger partial charge in [0.25, 0.3) is 0 Å². The molecule has 0 aliphatic carbocycles. The number of hydrogen-bond acceptors (Lipinski definition) is 2. The van der Waals surface area contributed by atoms with Gasteiger partial charge in [-0.2, -0.15) is 0 Å². The molecule has 1 aromatic carbocycles. The van der Waals surface area contributed by atoms with Crippen molar-refractivity contribution in [3.8, 4) is 0 Å². The number of anilines is 1. The van der Waals surface area contributed by atoms with Crippen LogP contribution in [0.15, 0.2) is 18.2 Å². The van der Waals surface area contributed by atoms with E-state index in [1.54, 1.807) is 18.2 Å². The van der Waals surface area contributed by atoms with Crippen LogP contribution >= 0.6 is 24.4 Å². The Morgan fingerprint density at radius 1 is 1.54 bits per heavy atom. The molecule has 0 unspecified atom stereocenters. The molecule has 1 rings (SSSR count). The average Bonchev–Trinajstić information content (AvgIpc) is 2.13. The quantitative estimate of drug-likeness (QED) is 0.621. The lowest BCUT2D eigenvalue weighted by molar-refractivity contribution is 0.257. The van der Waals surface area contributed by atoms with Crippen molar-refractivity contribution in [1.82, 2.24) is 4.72 Å². The molecule has 0 saturated carbocycles. The molecule has 1 aromatic rings. The Bertz CT molecular complexity index is 330. The summed E-state index contributed by atoms with van der Waals surface area (Å²) in [6.07, 6.45) is 0. The highest BCUT2D eigenvalue weighted by atomic mass is 35.5. The van der Waals surface area contributed by atoms with E-state index in [1.165, 1.54) is 0 Å². The second-order valence-electron chi connectivity index (χ2n) is 2.48. The number of carbonyl (C=O) groups is 1. The summed E-state index contributed by atoms with van der Waals surface area (Å²) >= 11 is 9.46. The largest absolute Gasteiger partial charge is 0.329 e. The van der Waals surface area contributed by atoms with E-state index in [9.17, 15) is 4.79 Å². The molecule has 0 aromatic heterocycles. The van der Waals surface area contributed by atoms with Gasteiger partial charge in [0.05, 0.1) is 0 Å². The fourth-order valence-electron chi connectivity index (χ4n) is 0.893. The van der Waals surface area contributed by atoms with Crippen molar-refractivity contribution in [1.29, 1.82) is 0 Å². The van der Waals surface area contributed by atoms with E-state index < -0.39 is 0 Å². The number of amides is 2. The molecule has 0 fully saturated rings. The zero-order valence-electron chi connectivity index (χ0n) is 6.97. The van der Waals surface area contributed by atoms with Gasteiger partial charge < -0.3 is 5.32 Å². The SMILES string of the molecule is Cc1c(Cl)cccc1NC(=O)NS. The first-order valence-corrected chi connectivity index (χ1v) is 4.44. The minimum atomic E-state index is -0.381. The summed E-state index contributed by atoms with van der Waals surface area (Å²) in [6, 6.07) is 4.92. The molecule has 2 amide bonds. The second-order valence-corrected chi connectivity index (χ2v) is 3.11. The molecule has 0 aliphatic heterocycles. The van der Waals surface area contributed by atoms with Crippen molar-refractivity contribution in [3.63, 3.8) is 0 Å². The van der Waals surface area contributed by atoms with Crippen LogP contribution in [0.5, 0.6) is 0 Å². The molecule has 5 heteroatoms. The van der Waals surface area contributed by atoms with E-state index in [0.717, 1.165) is 5.56 Å². The first-order valence-electron chi connectivity index (χ1n) is 3.61. The van der Waals surface area contributed by atoms with Crippen molar-refractivity contribution in [2.24, 2.45) is 0 Å². The van der Waals surface area contributed by atoms with Crippen molar-refractivity contribution in [2.45, 2.75) is 6.92 Å². The predicted molar refractivity (Wildman–Crippen MR) is 57.3 cm³/mol. The minimum absolute atomic E-state index is 0.381. The minimum Gasteiger partial charge on any atom is -0.307 e. The number of halogens is 1. The van der Waals surface area contributed by atoms with Gasteiger partial charge in [-0.3, -0.25) is 4.72 Å². The first-order chi connectivity index (χ1) is 6.15. The lowest BCUT2D eigenvalue weighted by atomic mass is 10.2. The number of carbonyl (C=O) groups excluding carboxylic acids is 1. The predicted octanol–water partition coefficient (Wildman–Crippen LogP) is 2.61. The molecule has 0 atom stereocenters. The molecule has 0 heterocycles.